The average Bonchev–Trinajstić information content (AvgIpc) is 2.85. The third-order valence-electron chi connectivity index (χ3n) is 3.94. The van der Waals surface area contributed by atoms with Crippen LogP contribution in [-0.4, -0.2) is 19.7 Å². The van der Waals surface area contributed by atoms with Crippen LogP contribution in [0.1, 0.15) is 38.5 Å². The van der Waals surface area contributed by atoms with Crippen LogP contribution in [0.25, 0.3) is 0 Å². The molecule has 0 aromatic carbocycles. The number of hydrogen-bond acceptors (Lipinski definition) is 2. The van der Waals surface area contributed by atoms with Gasteiger partial charge in [0.1, 0.15) is 0 Å². The number of carbonyl (C=O) groups is 1. The fourth-order valence-electron chi connectivity index (χ4n) is 2.99. The van der Waals surface area contributed by atoms with E-state index in [1.807, 2.05) is 0 Å². The monoisotopic (exact) mass is 211 g/mol. The van der Waals surface area contributed by atoms with E-state index < -0.39 is 0 Å². The van der Waals surface area contributed by atoms with Crippen molar-refractivity contribution in [2.45, 2.75) is 38.5 Å². The second kappa shape index (κ2) is 4.86. The van der Waals surface area contributed by atoms with Crippen molar-refractivity contribution in [1.29, 1.82) is 0 Å². The number of fused-ring (bicyclic) bond motifs is 1. The van der Waals surface area contributed by atoms with Crippen molar-refractivity contribution in [1.82, 2.24) is 5.32 Å². The van der Waals surface area contributed by atoms with Gasteiger partial charge in [-0.3, -0.25) is 0 Å². The molecule has 0 bridgehead atoms. The summed E-state index contributed by atoms with van der Waals surface area (Å²) in [6, 6.07) is 0. The minimum absolute atomic E-state index is 0.283. The maximum Gasteiger partial charge on any atom is 0.406 e. The van der Waals surface area contributed by atoms with Crippen LogP contribution >= 0.6 is 0 Å². The van der Waals surface area contributed by atoms with Gasteiger partial charge in [0.15, 0.2) is 0 Å². The fourth-order valence-corrected chi connectivity index (χ4v) is 2.99. The van der Waals surface area contributed by atoms with Gasteiger partial charge in [0.25, 0.3) is 0 Å². The molecule has 0 spiro atoms. The van der Waals surface area contributed by atoms with Crippen LogP contribution in [0.4, 0.5) is 4.79 Å². The molecule has 3 atom stereocenters. The molecule has 0 unspecified atom stereocenters. The molecule has 1 amide bonds. The lowest BCUT2D eigenvalue weighted by atomic mass is 10.0. The Kier molecular flexibility index (Phi) is 3.49. The van der Waals surface area contributed by atoms with Crippen molar-refractivity contribution in [2.24, 2.45) is 17.8 Å². The highest BCUT2D eigenvalue weighted by Crippen LogP contribution is 2.53. The largest absolute Gasteiger partial charge is 0.449 e. The number of hydrogen-bond donors (Lipinski definition) is 1. The Balaban J connectivity index is 1.73. The summed E-state index contributed by atoms with van der Waals surface area (Å²) in [6.07, 6.45) is 7.96. The Morgan fingerprint density at radius 3 is 2.33 bits per heavy atom. The van der Waals surface area contributed by atoms with E-state index >= 15 is 0 Å². The van der Waals surface area contributed by atoms with E-state index in [0.717, 1.165) is 11.8 Å². The first-order chi connectivity index (χ1) is 7.33. The van der Waals surface area contributed by atoms with Gasteiger partial charge >= 0.3 is 6.09 Å². The summed E-state index contributed by atoms with van der Waals surface area (Å²) in [4.78, 5) is 11.0. The number of rotatable bonds is 2. The fraction of sp³-hybridized carbons (Fsp3) is 0.917. The van der Waals surface area contributed by atoms with Crippen molar-refractivity contribution in [3.8, 4) is 0 Å². The lowest BCUT2D eigenvalue weighted by molar-refractivity contribution is 0.139. The molecule has 0 aromatic rings. The second-order valence-corrected chi connectivity index (χ2v) is 4.83. The Morgan fingerprint density at radius 1 is 1.20 bits per heavy atom. The topological polar surface area (TPSA) is 38.3 Å². The third kappa shape index (κ3) is 2.64. The molecule has 15 heavy (non-hydrogen) atoms. The zero-order chi connectivity index (χ0) is 10.7. The summed E-state index contributed by atoms with van der Waals surface area (Å²) < 4.78 is 5.14. The molecule has 0 aromatic heterocycles. The van der Waals surface area contributed by atoms with Crippen LogP contribution in [0.3, 0.4) is 0 Å². The van der Waals surface area contributed by atoms with E-state index in [1.165, 1.54) is 38.5 Å². The average molecular weight is 211 g/mol. The van der Waals surface area contributed by atoms with Crippen molar-refractivity contribution < 1.29 is 9.53 Å². The first-order valence-corrected chi connectivity index (χ1v) is 6.17. The van der Waals surface area contributed by atoms with Gasteiger partial charge in [-0.2, -0.15) is 0 Å². The summed E-state index contributed by atoms with van der Waals surface area (Å²) in [5.74, 6) is 2.38. The number of nitrogens with one attached hydrogen (secondary N) is 1. The molecule has 2 aliphatic carbocycles. The zero-order valence-corrected chi connectivity index (χ0v) is 9.50. The molecular formula is C12H21NO2. The zero-order valence-electron chi connectivity index (χ0n) is 9.50. The number of alkyl carbamates (subject to hydrolysis) is 1. The first kappa shape index (κ1) is 10.8. The summed E-state index contributed by atoms with van der Waals surface area (Å²) in [7, 11) is 1.61. The molecule has 1 N–H and O–H groups in total. The third-order valence-corrected chi connectivity index (χ3v) is 3.94. The van der Waals surface area contributed by atoms with Crippen LogP contribution in [0.2, 0.25) is 0 Å². The van der Waals surface area contributed by atoms with Crippen molar-refractivity contribution in [3.05, 3.63) is 0 Å². The Morgan fingerprint density at radius 2 is 1.80 bits per heavy atom. The highest BCUT2D eigenvalue weighted by molar-refractivity contribution is 5.66. The predicted octanol–water partition coefficient (Wildman–Crippen LogP) is 2.56. The number of carbonyl (C=O) groups excluding carboxylic acids is 1. The van der Waals surface area contributed by atoms with Crippen LogP contribution in [0, 0.1) is 17.8 Å². The van der Waals surface area contributed by atoms with Gasteiger partial charge in [0.05, 0.1) is 6.61 Å². The van der Waals surface area contributed by atoms with Gasteiger partial charge in [-0.15, -0.1) is 0 Å². The molecule has 86 valence electrons. The second-order valence-electron chi connectivity index (χ2n) is 4.83. The van der Waals surface area contributed by atoms with E-state index in [4.69, 9.17) is 4.74 Å². The van der Waals surface area contributed by atoms with Crippen LogP contribution in [-0.2, 0) is 4.74 Å². The molecule has 0 saturated heterocycles. The smallest absolute Gasteiger partial charge is 0.406 e. The van der Waals surface area contributed by atoms with E-state index in [1.54, 1.807) is 7.05 Å². The maximum atomic E-state index is 11.0. The molecule has 2 aliphatic rings. The minimum Gasteiger partial charge on any atom is -0.449 e. The molecule has 2 saturated carbocycles. The van der Waals surface area contributed by atoms with Crippen molar-refractivity contribution in [2.75, 3.05) is 13.7 Å². The standard InChI is InChI=1S/C12H21NO2/c1-13-12(14)15-8-11-9-6-4-2-3-5-7-10(9)11/h9-11H,2-8H2,1H3,(H,13,14)/t9-,10+,11-. The van der Waals surface area contributed by atoms with E-state index in [9.17, 15) is 4.79 Å². The Hall–Kier alpha value is -0.730. The summed E-state index contributed by atoms with van der Waals surface area (Å²) >= 11 is 0. The van der Waals surface area contributed by atoms with E-state index in [0.29, 0.717) is 12.5 Å². The number of ether oxygens (including phenoxy) is 1. The molecule has 3 heteroatoms. The van der Waals surface area contributed by atoms with E-state index in [-0.39, 0.29) is 6.09 Å². The van der Waals surface area contributed by atoms with Gasteiger partial charge in [0, 0.05) is 7.05 Å². The van der Waals surface area contributed by atoms with Gasteiger partial charge in [-0.25, -0.2) is 4.79 Å². The summed E-state index contributed by atoms with van der Waals surface area (Å²) in [5.41, 5.74) is 0. The molecule has 0 heterocycles. The Labute approximate surface area is 91.6 Å². The Bertz CT molecular complexity index is 216. The molecule has 0 aliphatic heterocycles. The van der Waals surface area contributed by atoms with Gasteiger partial charge in [-0.05, 0) is 30.6 Å². The van der Waals surface area contributed by atoms with Crippen LogP contribution in [0.15, 0.2) is 0 Å². The molecule has 2 fully saturated rings. The van der Waals surface area contributed by atoms with Gasteiger partial charge in [-0.1, -0.05) is 25.7 Å². The molecule has 3 nitrogen and oxygen atoms in total. The molecular weight excluding hydrogens is 190 g/mol. The lowest BCUT2D eigenvalue weighted by Gasteiger charge is -2.05. The summed E-state index contributed by atoms with van der Waals surface area (Å²) in [6.45, 7) is 0.634. The molecule has 2 rings (SSSR count). The normalized spacial score (nSPS) is 34.6. The SMILES string of the molecule is CNC(=O)OC[C@@H]1[C@@H]2CCCCCC[C@@H]21. The van der Waals surface area contributed by atoms with Crippen molar-refractivity contribution in [3.63, 3.8) is 0 Å². The lowest BCUT2D eigenvalue weighted by Crippen LogP contribution is -2.20. The van der Waals surface area contributed by atoms with Crippen molar-refractivity contribution >= 4 is 6.09 Å². The van der Waals surface area contributed by atoms with Gasteiger partial charge in [0.2, 0.25) is 0 Å². The highest BCUT2D eigenvalue weighted by atomic mass is 16.5. The quantitative estimate of drug-likeness (QED) is 0.762. The predicted molar refractivity (Wildman–Crippen MR) is 58.6 cm³/mol. The summed E-state index contributed by atoms with van der Waals surface area (Å²) in [5, 5.41) is 2.49. The maximum absolute atomic E-state index is 11.0. The van der Waals surface area contributed by atoms with E-state index in [2.05, 4.69) is 5.32 Å². The first-order valence-electron chi connectivity index (χ1n) is 6.17. The highest BCUT2D eigenvalue weighted by Gasteiger charge is 2.49. The van der Waals surface area contributed by atoms with Crippen LogP contribution in [0.5, 0.6) is 0 Å². The number of amides is 1. The van der Waals surface area contributed by atoms with Gasteiger partial charge < -0.3 is 10.1 Å². The van der Waals surface area contributed by atoms with Crippen LogP contribution < -0.4 is 5.32 Å². The minimum atomic E-state index is -0.283. The molecule has 0 radical (unpaired) electrons.